The van der Waals surface area contributed by atoms with Crippen molar-refractivity contribution in [2.45, 2.75) is 95.7 Å². The van der Waals surface area contributed by atoms with Crippen LogP contribution < -0.4 is 20.7 Å². The number of rotatable bonds is 5. The summed E-state index contributed by atoms with van der Waals surface area (Å²) in [5.41, 5.74) is 1.59. The summed E-state index contributed by atoms with van der Waals surface area (Å²) in [5.74, 6) is 1.20. The van der Waals surface area contributed by atoms with Crippen molar-refractivity contribution in [3.05, 3.63) is 34.7 Å². The number of amides is 4. The Morgan fingerprint density at radius 3 is 2.27 bits per heavy atom. The third-order valence-corrected chi connectivity index (χ3v) is 9.95. The van der Waals surface area contributed by atoms with Crippen molar-refractivity contribution in [2.75, 3.05) is 0 Å². The van der Waals surface area contributed by atoms with E-state index in [9.17, 15) is 14.4 Å². The van der Waals surface area contributed by atoms with Gasteiger partial charge in [-0.15, -0.1) is 0 Å². The number of benzene rings is 1. The van der Waals surface area contributed by atoms with Crippen molar-refractivity contribution in [2.24, 2.45) is 16.7 Å². The lowest BCUT2D eigenvalue weighted by Gasteiger charge is -2.65. The Balaban J connectivity index is 0.976. The average molecular weight is 524 g/mol. The second kappa shape index (κ2) is 9.07. The van der Waals surface area contributed by atoms with Crippen molar-refractivity contribution in [1.29, 1.82) is 0 Å². The van der Waals surface area contributed by atoms with Gasteiger partial charge in [0.15, 0.2) is 0 Å². The van der Waals surface area contributed by atoms with Crippen molar-refractivity contribution < 1.29 is 19.1 Å². The van der Waals surface area contributed by atoms with Crippen LogP contribution in [0.5, 0.6) is 5.75 Å². The van der Waals surface area contributed by atoms with Gasteiger partial charge in [-0.05, 0) is 116 Å². The molecule has 5 aliphatic carbocycles. The van der Waals surface area contributed by atoms with Crippen LogP contribution in [-0.2, 0) is 4.79 Å². The van der Waals surface area contributed by atoms with Gasteiger partial charge in [-0.3, -0.25) is 14.9 Å². The van der Waals surface area contributed by atoms with E-state index in [2.05, 4.69) is 29.8 Å². The van der Waals surface area contributed by atoms with Gasteiger partial charge in [0.1, 0.15) is 5.75 Å². The van der Waals surface area contributed by atoms with E-state index in [4.69, 9.17) is 4.74 Å². The number of thioether (sulfide) groups is 1. The van der Waals surface area contributed by atoms with Gasteiger partial charge in [0.2, 0.25) is 0 Å². The summed E-state index contributed by atoms with van der Waals surface area (Å²) < 4.78 is 6.20. The zero-order chi connectivity index (χ0) is 25.8. The van der Waals surface area contributed by atoms with Gasteiger partial charge in [-0.2, -0.15) is 0 Å². The van der Waals surface area contributed by atoms with Gasteiger partial charge in [0.25, 0.3) is 11.1 Å². The van der Waals surface area contributed by atoms with Gasteiger partial charge >= 0.3 is 6.03 Å². The van der Waals surface area contributed by atoms with Crippen LogP contribution in [0.2, 0.25) is 0 Å². The van der Waals surface area contributed by atoms with E-state index >= 15 is 0 Å². The standard InChI is InChI=1S/C29H37N3O4S/c1-27-12-19-13-28(2,15-27)17-29(14-19,16-27)32-25(34)30-20-5-9-22(10-6-20)36-21-7-3-18(4-8-21)11-23-24(33)31-26(35)37-23/h3-4,7-8,11,19-20,22H,5-6,9-10,12-17H2,1-2H3,(H2,30,32,34)(H,31,33,35)/b23-11+. The lowest BCUT2D eigenvalue weighted by Crippen LogP contribution is -2.66. The molecule has 1 aliphatic heterocycles. The first-order valence-electron chi connectivity index (χ1n) is 13.7. The highest BCUT2D eigenvalue weighted by atomic mass is 32.2. The maximum absolute atomic E-state index is 13.1. The molecule has 5 saturated carbocycles. The number of hydrogen-bond acceptors (Lipinski definition) is 5. The summed E-state index contributed by atoms with van der Waals surface area (Å²) in [6.07, 6.45) is 12.8. The number of carbonyl (C=O) groups excluding carboxylic acids is 3. The average Bonchev–Trinajstić information content (AvgIpc) is 3.10. The molecule has 198 valence electrons. The minimum absolute atomic E-state index is 0.0130. The minimum Gasteiger partial charge on any atom is -0.490 e. The third kappa shape index (κ3) is 5.27. The van der Waals surface area contributed by atoms with E-state index in [0.717, 1.165) is 73.9 Å². The van der Waals surface area contributed by atoms with E-state index in [1.807, 2.05) is 24.3 Å². The third-order valence-electron chi connectivity index (χ3n) is 9.14. The van der Waals surface area contributed by atoms with Crippen molar-refractivity contribution in [3.8, 4) is 5.75 Å². The lowest BCUT2D eigenvalue weighted by molar-refractivity contribution is -0.115. The van der Waals surface area contributed by atoms with E-state index in [-0.39, 0.29) is 34.9 Å². The Hall–Kier alpha value is -2.48. The molecule has 2 atom stereocenters. The minimum atomic E-state index is -0.351. The topological polar surface area (TPSA) is 96.5 Å². The van der Waals surface area contributed by atoms with Crippen LogP contribution >= 0.6 is 11.8 Å². The quantitative estimate of drug-likeness (QED) is 0.427. The molecular weight excluding hydrogens is 486 g/mol. The Morgan fingerprint density at radius 2 is 1.68 bits per heavy atom. The largest absolute Gasteiger partial charge is 0.490 e. The fourth-order valence-electron chi connectivity index (χ4n) is 8.78. The van der Waals surface area contributed by atoms with Gasteiger partial charge in [0, 0.05) is 11.6 Å². The van der Waals surface area contributed by atoms with Crippen LogP contribution in [0.25, 0.3) is 6.08 Å². The van der Waals surface area contributed by atoms with Crippen LogP contribution in [0, 0.1) is 16.7 Å². The van der Waals surface area contributed by atoms with Gasteiger partial charge in [-0.25, -0.2) is 4.79 Å². The molecule has 0 radical (unpaired) electrons. The van der Waals surface area contributed by atoms with Crippen LogP contribution in [0.1, 0.15) is 83.6 Å². The molecule has 1 aromatic rings. The zero-order valence-corrected chi connectivity index (χ0v) is 22.5. The monoisotopic (exact) mass is 523 g/mol. The number of imide groups is 1. The summed E-state index contributed by atoms with van der Waals surface area (Å²) in [6, 6.07) is 7.78. The first-order valence-corrected chi connectivity index (χ1v) is 14.5. The highest BCUT2D eigenvalue weighted by molar-refractivity contribution is 8.18. The van der Waals surface area contributed by atoms with Gasteiger partial charge in [0.05, 0.1) is 11.0 Å². The number of ether oxygens (including phenoxy) is 1. The summed E-state index contributed by atoms with van der Waals surface area (Å²) in [4.78, 5) is 36.5. The summed E-state index contributed by atoms with van der Waals surface area (Å²) in [6.45, 7) is 4.87. The zero-order valence-electron chi connectivity index (χ0n) is 21.7. The molecular formula is C29H37N3O4S. The van der Waals surface area contributed by atoms with Crippen LogP contribution in [0.4, 0.5) is 9.59 Å². The molecule has 37 heavy (non-hydrogen) atoms. The van der Waals surface area contributed by atoms with Crippen molar-refractivity contribution in [1.82, 2.24) is 16.0 Å². The first kappa shape index (κ1) is 24.8. The SMILES string of the molecule is CC12CC3CC(C)(C1)CC(NC(=O)NC1CCC(Oc4ccc(/C=C5/SC(=O)NC5=O)cc4)CC1)(C3)C2. The van der Waals surface area contributed by atoms with E-state index < -0.39 is 0 Å². The Kier molecular flexibility index (Phi) is 6.09. The molecule has 1 heterocycles. The molecule has 7 rings (SSSR count). The fourth-order valence-corrected chi connectivity index (χ4v) is 9.46. The van der Waals surface area contributed by atoms with Crippen molar-refractivity contribution in [3.63, 3.8) is 0 Å². The van der Waals surface area contributed by atoms with Crippen LogP contribution in [-0.4, -0.2) is 34.9 Å². The highest BCUT2D eigenvalue weighted by Gasteiger charge is 2.60. The predicted octanol–water partition coefficient (Wildman–Crippen LogP) is 5.75. The smallest absolute Gasteiger partial charge is 0.315 e. The van der Waals surface area contributed by atoms with Crippen LogP contribution in [0.15, 0.2) is 29.2 Å². The van der Waals surface area contributed by atoms with Gasteiger partial charge < -0.3 is 15.4 Å². The Bertz CT molecular complexity index is 1120. The second-order valence-electron chi connectivity index (χ2n) is 13.0. The molecule has 1 saturated heterocycles. The van der Waals surface area contributed by atoms with Crippen molar-refractivity contribution >= 4 is 35.0 Å². The molecule has 4 amide bonds. The number of nitrogens with one attached hydrogen (secondary N) is 3. The normalized spacial score (nSPS) is 39.5. The lowest BCUT2D eigenvalue weighted by atomic mass is 9.43. The van der Waals surface area contributed by atoms with E-state index in [1.165, 1.54) is 19.3 Å². The number of urea groups is 1. The van der Waals surface area contributed by atoms with E-state index in [1.54, 1.807) is 6.08 Å². The van der Waals surface area contributed by atoms with E-state index in [0.29, 0.717) is 15.7 Å². The molecule has 6 fully saturated rings. The summed E-state index contributed by atoms with van der Waals surface area (Å²) >= 11 is 0.916. The summed E-state index contributed by atoms with van der Waals surface area (Å²) in [5, 5.41) is 8.69. The Morgan fingerprint density at radius 1 is 1.00 bits per heavy atom. The first-order chi connectivity index (χ1) is 17.6. The van der Waals surface area contributed by atoms with Crippen LogP contribution in [0.3, 0.4) is 0 Å². The molecule has 0 spiro atoms. The molecule has 4 bridgehead atoms. The molecule has 8 heteroatoms. The predicted molar refractivity (Wildman–Crippen MR) is 144 cm³/mol. The Labute approximate surface area is 222 Å². The summed E-state index contributed by atoms with van der Waals surface area (Å²) in [7, 11) is 0. The molecule has 1 aromatic carbocycles. The van der Waals surface area contributed by atoms with Gasteiger partial charge in [-0.1, -0.05) is 26.0 Å². The second-order valence-corrected chi connectivity index (χ2v) is 14.0. The maximum Gasteiger partial charge on any atom is 0.315 e. The number of carbonyl (C=O) groups is 3. The molecule has 7 nitrogen and oxygen atoms in total. The molecule has 2 unspecified atom stereocenters. The molecule has 3 N–H and O–H groups in total. The molecule has 0 aromatic heterocycles. The fraction of sp³-hybridized carbons (Fsp3) is 0.621. The number of hydrogen-bond donors (Lipinski definition) is 3. The maximum atomic E-state index is 13.1. The highest BCUT2D eigenvalue weighted by Crippen LogP contribution is 2.66. The molecule has 6 aliphatic rings.